The molecule has 1 aromatic carbocycles. The number of rotatable bonds is 8. The number of carbonyl (C=O) groups excluding carboxylic acids is 2. The molecule has 1 amide bonds. The summed E-state index contributed by atoms with van der Waals surface area (Å²) >= 11 is 0. The first-order chi connectivity index (χ1) is 12.4. The molecule has 0 bridgehead atoms. The Morgan fingerprint density at radius 3 is 2.54 bits per heavy atom. The van der Waals surface area contributed by atoms with Crippen LogP contribution in [0, 0.1) is 10.1 Å². The second-order valence-electron chi connectivity index (χ2n) is 5.80. The highest BCUT2D eigenvalue weighted by atomic mass is 16.6. The van der Waals surface area contributed by atoms with Crippen molar-refractivity contribution in [3.63, 3.8) is 0 Å². The van der Waals surface area contributed by atoms with E-state index in [9.17, 15) is 19.7 Å². The number of furan rings is 1. The lowest BCUT2D eigenvalue weighted by molar-refractivity contribution is -0.384. The molecule has 1 aromatic heterocycles. The van der Waals surface area contributed by atoms with Crippen molar-refractivity contribution in [2.45, 2.75) is 32.7 Å². The third kappa shape index (κ3) is 5.17. The predicted molar refractivity (Wildman–Crippen MR) is 93.6 cm³/mol. The SMILES string of the molecule is CCC[C@H](C)NC(=O)COC(=O)c1ccc(-c2ccc([N+](=O)[O-])cc2)o1. The number of nitrogens with zero attached hydrogens (tertiary/aromatic N) is 1. The van der Waals surface area contributed by atoms with Gasteiger partial charge in [0.15, 0.2) is 6.61 Å². The Hall–Kier alpha value is -3.16. The molecule has 8 nitrogen and oxygen atoms in total. The van der Waals surface area contributed by atoms with E-state index >= 15 is 0 Å². The lowest BCUT2D eigenvalue weighted by Crippen LogP contribution is -2.35. The molecule has 26 heavy (non-hydrogen) atoms. The highest BCUT2D eigenvalue weighted by Gasteiger charge is 2.16. The van der Waals surface area contributed by atoms with E-state index in [0.29, 0.717) is 11.3 Å². The van der Waals surface area contributed by atoms with E-state index in [1.54, 1.807) is 6.07 Å². The minimum Gasteiger partial charge on any atom is -0.450 e. The highest BCUT2D eigenvalue weighted by molar-refractivity contribution is 5.89. The van der Waals surface area contributed by atoms with E-state index in [-0.39, 0.29) is 30.0 Å². The van der Waals surface area contributed by atoms with Crippen molar-refractivity contribution < 1.29 is 23.7 Å². The molecule has 8 heteroatoms. The molecule has 0 aliphatic rings. The quantitative estimate of drug-likeness (QED) is 0.439. The highest BCUT2D eigenvalue weighted by Crippen LogP contribution is 2.24. The summed E-state index contributed by atoms with van der Waals surface area (Å²) in [4.78, 5) is 33.8. The molecule has 2 aromatic rings. The van der Waals surface area contributed by atoms with Crippen LogP contribution in [0.25, 0.3) is 11.3 Å². The Labute approximate surface area is 150 Å². The van der Waals surface area contributed by atoms with Gasteiger partial charge in [-0.3, -0.25) is 14.9 Å². The second kappa shape index (κ2) is 8.80. The number of benzene rings is 1. The van der Waals surface area contributed by atoms with Crippen molar-refractivity contribution in [1.82, 2.24) is 5.32 Å². The van der Waals surface area contributed by atoms with Crippen molar-refractivity contribution in [2.75, 3.05) is 6.61 Å². The van der Waals surface area contributed by atoms with Crippen LogP contribution >= 0.6 is 0 Å². The van der Waals surface area contributed by atoms with Crippen LogP contribution in [0.3, 0.4) is 0 Å². The Morgan fingerprint density at radius 2 is 1.92 bits per heavy atom. The van der Waals surface area contributed by atoms with E-state index in [1.165, 1.54) is 30.3 Å². The Morgan fingerprint density at radius 1 is 1.23 bits per heavy atom. The zero-order chi connectivity index (χ0) is 19.1. The summed E-state index contributed by atoms with van der Waals surface area (Å²) in [5.41, 5.74) is 0.545. The third-order valence-corrected chi connectivity index (χ3v) is 3.63. The molecule has 1 heterocycles. The van der Waals surface area contributed by atoms with Gasteiger partial charge in [-0.1, -0.05) is 13.3 Å². The van der Waals surface area contributed by atoms with Gasteiger partial charge in [-0.05, 0) is 37.6 Å². The number of esters is 1. The average Bonchev–Trinajstić information content (AvgIpc) is 3.10. The van der Waals surface area contributed by atoms with Crippen LogP contribution in [0.5, 0.6) is 0 Å². The van der Waals surface area contributed by atoms with Crippen molar-refractivity contribution >= 4 is 17.6 Å². The summed E-state index contributed by atoms with van der Waals surface area (Å²) in [6.07, 6.45) is 1.79. The molecule has 0 radical (unpaired) electrons. The fourth-order valence-electron chi connectivity index (χ4n) is 2.37. The number of ether oxygens (including phenoxy) is 1. The molecular weight excluding hydrogens is 340 g/mol. The molecule has 0 fully saturated rings. The largest absolute Gasteiger partial charge is 0.450 e. The summed E-state index contributed by atoms with van der Waals surface area (Å²) in [6.45, 7) is 3.51. The number of nitro benzene ring substituents is 1. The van der Waals surface area contributed by atoms with Gasteiger partial charge < -0.3 is 14.5 Å². The monoisotopic (exact) mass is 360 g/mol. The first-order valence-corrected chi connectivity index (χ1v) is 8.22. The molecule has 0 unspecified atom stereocenters. The first kappa shape index (κ1) is 19.2. The first-order valence-electron chi connectivity index (χ1n) is 8.22. The van der Waals surface area contributed by atoms with E-state index in [1.807, 2.05) is 13.8 Å². The van der Waals surface area contributed by atoms with Gasteiger partial charge in [0.25, 0.3) is 11.6 Å². The Balaban J connectivity index is 1.93. The number of carbonyl (C=O) groups is 2. The van der Waals surface area contributed by atoms with E-state index < -0.39 is 10.9 Å². The Bertz CT molecular complexity index is 781. The second-order valence-corrected chi connectivity index (χ2v) is 5.80. The van der Waals surface area contributed by atoms with Gasteiger partial charge in [0.2, 0.25) is 5.76 Å². The molecule has 0 saturated heterocycles. The molecule has 0 saturated carbocycles. The van der Waals surface area contributed by atoms with Crippen molar-refractivity contribution in [3.8, 4) is 11.3 Å². The fraction of sp³-hybridized carbons (Fsp3) is 0.333. The predicted octanol–water partition coefficient (Wildman–Crippen LogP) is 3.32. The number of nitrogens with one attached hydrogen (secondary N) is 1. The number of amides is 1. The molecule has 0 aliphatic carbocycles. The standard InChI is InChI=1S/C18H20N2O6/c1-3-4-12(2)19-17(21)11-25-18(22)16-10-9-15(26-16)13-5-7-14(8-6-13)20(23)24/h5-10,12H,3-4,11H2,1-2H3,(H,19,21)/t12-/m0/s1. The minimum atomic E-state index is -0.753. The van der Waals surface area contributed by atoms with Crippen LogP contribution in [-0.4, -0.2) is 29.4 Å². The summed E-state index contributed by atoms with van der Waals surface area (Å²) < 4.78 is 10.3. The van der Waals surface area contributed by atoms with Crippen molar-refractivity contribution in [1.29, 1.82) is 0 Å². The van der Waals surface area contributed by atoms with Gasteiger partial charge >= 0.3 is 5.97 Å². The lowest BCUT2D eigenvalue weighted by Gasteiger charge is -2.12. The average molecular weight is 360 g/mol. The number of hydrogen-bond acceptors (Lipinski definition) is 6. The smallest absolute Gasteiger partial charge is 0.374 e. The maximum Gasteiger partial charge on any atom is 0.374 e. The number of hydrogen-bond donors (Lipinski definition) is 1. The van der Waals surface area contributed by atoms with E-state index in [4.69, 9.17) is 9.15 Å². The maximum absolute atomic E-state index is 12.0. The van der Waals surface area contributed by atoms with Crippen LogP contribution in [0.2, 0.25) is 0 Å². The number of nitro groups is 1. The number of non-ortho nitro benzene ring substituents is 1. The normalized spacial score (nSPS) is 11.6. The van der Waals surface area contributed by atoms with Gasteiger partial charge in [-0.2, -0.15) is 0 Å². The summed E-state index contributed by atoms with van der Waals surface area (Å²) in [5.74, 6) is -0.807. The zero-order valence-electron chi connectivity index (χ0n) is 14.6. The molecule has 138 valence electrons. The summed E-state index contributed by atoms with van der Waals surface area (Å²) in [7, 11) is 0. The van der Waals surface area contributed by atoms with E-state index in [0.717, 1.165) is 12.8 Å². The molecule has 1 atom stereocenters. The maximum atomic E-state index is 12.0. The molecule has 1 N–H and O–H groups in total. The topological polar surface area (TPSA) is 112 Å². The van der Waals surface area contributed by atoms with Gasteiger partial charge in [-0.15, -0.1) is 0 Å². The van der Waals surface area contributed by atoms with Gasteiger partial charge in [0.1, 0.15) is 5.76 Å². The van der Waals surface area contributed by atoms with Crippen molar-refractivity contribution in [2.24, 2.45) is 0 Å². The van der Waals surface area contributed by atoms with Crippen LogP contribution < -0.4 is 5.32 Å². The van der Waals surface area contributed by atoms with Crippen molar-refractivity contribution in [3.05, 3.63) is 52.3 Å². The van der Waals surface area contributed by atoms with Gasteiger partial charge in [0, 0.05) is 23.7 Å². The zero-order valence-corrected chi connectivity index (χ0v) is 14.6. The lowest BCUT2D eigenvalue weighted by atomic mass is 10.1. The Kier molecular flexibility index (Phi) is 6.48. The van der Waals surface area contributed by atoms with Crippen LogP contribution in [0.1, 0.15) is 37.2 Å². The summed E-state index contributed by atoms with van der Waals surface area (Å²) in [5, 5.41) is 13.4. The van der Waals surface area contributed by atoms with Crippen LogP contribution in [0.4, 0.5) is 5.69 Å². The molecule has 0 spiro atoms. The van der Waals surface area contributed by atoms with Gasteiger partial charge in [0.05, 0.1) is 4.92 Å². The third-order valence-electron chi connectivity index (χ3n) is 3.63. The fourth-order valence-corrected chi connectivity index (χ4v) is 2.37. The summed E-state index contributed by atoms with van der Waals surface area (Å²) in [6, 6.07) is 8.74. The van der Waals surface area contributed by atoms with Crippen LogP contribution in [-0.2, 0) is 9.53 Å². The van der Waals surface area contributed by atoms with Crippen LogP contribution in [0.15, 0.2) is 40.8 Å². The molecule has 2 rings (SSSR count). The van der Waals surface area contributed by atoms with Gasteiger partial charge in [-0.25, -0.2) is 4.79 Å². The molecule has 0 aliphatic heterocycles. The molecular formula is C18H20N2O6. The minimum absolute atomic E-state index is 0.0172. The van der Waals surface area contributed by atoms with E-state index in [2.05, 4.69) is 5.32 Å².